The van der Waals surface area contributed by atoms with E-state index in [0.717, 1.165) is 30.4 Å². The zero-order valence-electron chi connectivity index (χ0n) is 10.9. The van der Waals surface area contributed by atoms with Crippen LogP contribution in [0.25, 0.3) is 0 Å². The van der Waals surface area contributed by atoms with Gasteiger partial charge >= 0.3 is 0 Å². The molecule has 7 heteroatoms. The molecule has 1 aromatic heterocycles. The summed E-state index contributed by atoms with van der Waals surface area (Å²) in [5.74, 6) is 0.617. The van der Waals surface area contributed by atoms with E-state index in [1.165, 1.54) is 4.88 Å². The van der Waals surface area contributed by atoms with Crippen molar-refractivity contribution < 1.29 is 8.42 Å². The summed E-state index contributed by atoms with van der Waals surface area (Å²) in [5.41, 5.74) is 0. The van der Waals surface area contributed by atoms with Gasteiger partial charge in [0.05, 0.1) is 15.8 Å². The van der Waals surface area contributed by atoms with E-state index in [1.54, 1.807) is 11.3 Å². The Kier molecular flexibility index (Phi) is 5.25. The van der Waals surface area contributed by atoms with Gasteiger partial charge in [0.15, 0.2) is 9.84 Å². The second-order valence-corrected chi connectivity index (χ2v) is 9.03. The number of halogens is 1. The van der Waals surface area contributed by atoms with Crippen molar-refractivity contribution in [3.05, 3.63) is 21.3 Å². The number of nitrogens with one attached hydrogen (secondary N) is 1. The van der Waals surface area contributed by atoms with Crippen molar-refractivity contribution in [1.82, 2.24) is 10.2 Å². The third-order valence-corrected chi connectivity index (χ3v) is 6.20. The van der Waals surface area contributed by atoms with E-state index >= 15 is 0 Å². The van der Waals surface area contributed by atoms with Gasteiger partial charge in [0.1, 0.15) is 0 Å². The first kappa shape index (κ1) is 15.3. The number of thiophene rings is 1. The number of hydrogen-bond acceptors (Lipinski definition) is 5. The molecular weight excluding hydrogens is 304 g/mol. The van der Waals surface area contributed by atoms with Crippen LogP contribution in [0.5, 0.6) is 0 Å². The minimum atomic E-state index is -2.78. The molecule has 4 nitrogen and oxygen atoms in total. The van der Waals surface area contributed by atoms with Gasteiger partial charge in [-0.1, -0.05) is 11.6 Å². The molecule has 0 saturated carbocycles. The summed E-state index contributed by atoms with van der Waals surface area (Å²) in [6.07, 6.45) is 0.743. The third-order valence-electron chi connectivity index (χ3n) is 3.21. The van der Waals surface area contributed by atoms with E-state index in [9.17, 15) is 8.42 Å². The lowest BCUT2D eigenvalue weighted by Gasteiger charge is -2.17. The third kappa shape index (κ3) is 5.04. The number of rotatable bonds is 6. The molecule has 1 aliphatic rings. The van der Waals surface area contributed by atoms with Crippen LogP contribution in [0.4, 0.5) is 0 Å². The summed E-state index contributed by atoms with van der Waals surface area (Å²) in [4.78, 5) is 3.45. The van der Waals surface area contributed by atoms with Crippen molar-refractivity contribution in [2.45, 2.75) is 19.0 Å². The Bertz CT molecular complexity index is 516. The molecule has 0 aromatic carbocycles. The highest BCUT2D eigenvalue weighted by Crippen LogP contribution is 2.22. The van der Waals surface area contributed by atoms with Crippen molar-refractivity contribution in [3.8, 4) is 0 Å². The first-order valence-corrected chi connectivity index (χ1v) is 9.33. The highest BCUT2D eigenvalue weighted by atomic mass is 35.5. The van der Waals surface area contributed by atoms with Crippen molar-refractivity contribution in [2.75, 3.05) is 31.6 Å². The van der Waals surface area contributed by atoms with Crippen molar-refractivity contribution in [1.29, 1.82) is 0 Å². The Morgan fingerprint density at radius 1 is 1.53 bits per heavy atom. The molecule has 1 saturated heterocycles. The molecule has 1 aromatic rings. The molecular formula is C12H19ClN2O2S2. The van der Waals surface area contributed by atoms with E-state index in [4.69, 9.17) is 11.6 Å². The van der Waals surface area contributed by atoms with E-state index < -0.39 is 9.84 Å². The summed E-state index contributed by atoms with van der Waals surface area (Å²) in [6.45, 7) is 2.59. The molecule has 19 heavy (non-hydrogen) atoms. The van der Waals surface area contributed by atoms with Gasteiger partial charge in [-0.05, 0) is 25.6 Å². The first-order chi connectivity index (χ1) is 8.94. The summed E-state index contributed by atoms with van der Waals surface area (Å²) in [7, 11) is -0.725. The van der Waals surface area contributed by atoms with Gasteiger partial charge in [-0.25, -0.2) is 8.42 Å². The summed E-state index contributed by atoms with van der Waals surface area (Å²) < 4.78 is 23.5. The van der Waals surface area contributed by atoms with Crippen LogP contribution in [-0.2, 0) is 16.4 Å². The van der Waals surface area contributed by atoms with Gasteiger partial charge in [0.25, 0.3) is 0 Å². The monoisotopic (exact) mass is 322 g/mol. The zero-order chi connectivity index (χ0) is 13.9. The summed E-state index contributed by atoms with van der Waals surface area (Å²) in [5, 5.41) is 3.32. The van der Waals surface area contributed by atoms with Crippen molar-refractivity contribution in [3.63, 3.8) is 0 Å². The van der Waals surface area contributed by atoms with Gasteiger partial charge in [0.2, 0.25) is 0 Å². The SMILES string of the molecule is CN(CCNC1CCS(=O)(=O)C1)Cc1ccc(Cl)s1. The molecule has 1 unspecified atom stereocenters. The maximum Gasteiger partial charge on any atom is 0.151 e. The molecule has 1 fully saturated rings. The second kappa shape index (κ2) is 6.54. The average molecular weight is 323 g/mol. The minimum Gasteiger partial charge on any atom is -0.312 e. The predicted molar refractivity (Wildman–Crippen MR) is 80.7 cm³/mol. The maximum atomic E-state index is 11.3. The molecule has 108 valence electrons. The van der Waals surface area contributed by atoms with E-state index in [0.29, 0.717) is 5.75 Å². The van der Waals surface area contributed by atoms with Crippen LogP contribution in [0.15, 0.2) is 12.1 Å². The van der Waals surface area contributed by atoms with Gasteiger partial charge in [-0.15, -0.1) is 11.3 Å². The summed E-state index contributed by atoms with van der Waals surface area (Å²) in [6, 6.07) is 4.09. The highest BCUT2D eigenvalue weighted by Gasteiger charge is 2.27. The Labute approximate surface area is 123 Å². The molecule has 0 spiro atoms. The fourth-order valence-electron chi connectivity index (χ4n) is 2.20. The zero-order valence-corrected chi connectivity index (χ0v) is 13.3. The molecule has 1 N–H and O–H groups in total. The lowest BCUT2D eigenvalue weighted by molar-refractivity contribution is 0.321. The van der Waals surface area contributed by atoms with Gasteiger partial charge in [-0.3, -0.25) is 0 Å². The Hall–Kier alpha value is -0.140. The lowest BCUT2D eigenvalue weighted by Crippen LogP contribution is -2.36. The van der Waals surface area contributed by atoms with Crippen LogP contribution >= 0.6 is 22.9 Å². The van der Waals surface area contributed by atoms with Crippen LogP contribution in [-0.4, -0.2) is 51.0 Å². The number of hydrogen-bond donors (Lipinski definition) is 1. The van der Waals surface area contributed by atoms with Crippen LogP contribution in [0.3, 0.4) is 0 Å². The normalized spacial score (nSPS) is 22.2. The van der Waals surface area contributed by atoms with Crippen molar-refractivity contribution >= 4 is 32.8 Å². The molecule has 1 atom stereocenters. The Balaban J connectivity index is 1.66. The predicted octanol–water partition coefficient (Wildman–Crippen LogP) is 1.61. The molecule has 0 radical (unpaired) electrons. The quantitative estimate of drug-likeness (QED) is 0.864. The standard InChI is InChI=1S/C12H19ClN2O2S2/c1-15(8-11-2-3-12(13)18-11)6-5-14-10-4-7-19(16,17)9-10/h2-3,10,14H,4-9H2,1H3. The smallest absolute Gasteiger partial charge is 0.151 e. The molecule has 2 rings (SSSR count). The largest absolute Gasteiger partial charge is 0.312 e. The van der Waals surface area contributed by atoms with Crippen LogP contribution in [0.1, 0.15) is 11.3 Å². The minimum absolute atomic E-state index is 0.134. The fraction of sp³-hybridized carbons (Fsp3) is 0.667. The fourth-order valence-corrected chi connectivity index (χ4v) is 5.07. The topological polar surface area (TPSA) is 49.4 Å². The van der Waals surface area contributed by atoms with E-state index in [2.05, 4.69) is 17.3 Å². The summed E-state index contributed by atoms with van der Waals surface area (Å²) >= 11 is 7.49. The average Bonchev–Trinajstić information content (AvgIpc) is 2.85. The van der Waals surface area contributed by atoms with Crippen LogP contribution in [0.2, 0.25) is 4.34 Å². The molecule has 0 bridgehead atoms. The number of likely N-dealkylation sites (N-methyl/N-ethyl adjacent to an activating group) is 1. The van der Waals surface area contributed by atoms with E-state index in [-0.39, 0.29) is 11.8 Å². The molecule has 2 heterocycles. The second-order valence-electron chi connectivity index (χ2n) is 5.00. The Morgan fingerprint density at radius 3 is 2.89 bits per heavy atom. The van der Waals surface area contributed by atoms with Gasteiger partial charge < -0.3 is 10.2 Å². The Morgan fingerprint density at radius 2 is 2.32 bits per heavy atom. The van der Waals surface area contributed by atoms with E-state index in [1.807, 2.05) is 12.1 Å². The number of nitrogens with zero attached hydrogens (tertiary/aromatic N) is 1. The number of sulfone groups is 1. The molecule has 1 aliphatic heterocycles. The van der Waals surface area contributed by atoms with Gasteiger partial charge in [-0.2, -0.15) is 0 Å². The van der Waals surface area contributed by atoms with Crippen LogP contribution < -0.4 is 5.32 Å². The van der Waals surface area contributed by atoms with Crippen molar-refractivity contribution in [2.24, 2.45) is 0 Å². The highest BCUT2D eigenvalue weighted by molar-refractivity contribution is 7.91. The maximum absolute atomic E-state index is 11.3. The molecule has 0 amide bonds. The molecule has 0 aliphatic carbocycles. The van der Waals surface area contributed by atoms with Crippen LogP contribution in [0, 0.1) is 0 Å². The van der Waals surface area contributed by atoms with Gasteiger partial charge in [0, 0.05) is 30.6 Å². The first-order valence-electron chi connectivity index (χ1n) is 6.31. The lowest BCUT2D eigenvalue weighted by atomic mass is 10.2.